The molecule has 0 bridgehead atoms. The van der Waals surface area contributed by atoms with Crippen molar-refractivity contribution in [3.8, 4) is 0 Å². The van der Waals surface area contributed by atoms with E-state index in [-0.39, 0.29) is 12.6 Å². The topological polar surface area (TPSA) is 64.1 Å². The minimum absolute atomic E-state index is 0.0129. The quantitative estimate of drug-likeness (QED) is 0.654. The molecule has 1 aromatic rings. The fraction of sp³-hybridized carbons (Fsp3) is 0.625. The first-order chi connectivity index (χ1) is 5.76. The van der Waals surface area contributed by atoms with E-state index in [9.17, 15) is 0 Å². The van der Waals surface area contributed by atoms with Crippen molar-refractivity contribution >= 4 is 0 Å². The number of nitrogens with zero attached hydrogens (tertiary/aromatic N) is 2. The van der Waals surface area contributed by atoms with Gasteiger partial charge in [-0.05, 0) is 6.92 Å². The summed E-state index contributed by atoms with van der Waals surface area (Å²) in [5, 5.41) is 8.70. The Morgan fingerprint density at radius 2 is 2.50 bits per heavy atom. The molecule has 0 saturated heterocycles. The summed E-state index contributed by atoms with van der Waals surface area (Å²) >= 11 is 0. The van der Waals surface area contributed by atoms with Crippen molar-refractivity contribution in [2.75, 3.05) is 6.61 Å². The van der Waals surface area contributed by atoms with Crippen molar-refractivity contribution in [1.29, 1.82) is 0 Å². The molecule has 4 heteroatoms. The van der Waals surface area contributed by atoms with E-state index in [4.69, 9.17) is 10.8 Å². The van der Waals surface area contributed by atoms with E-state index in [2.05, 4.69) is 11.9 Å². The SMILES string of the molecule is CCn1cnc(C[C@H](N)CO)c1. The van der Waals surface area contributed by atoms with E-state index in [1.165, 1.54) is 0 Å². The molecule has 4 nitrogen and oxygen atoms in total. The Morgan fingerprint density at radius 1 is 1.75 bits per heavy atom. The first-order valence-corrected chi connectivity index (χ1v) is 4.13. The monoisotopic (exact) mass is 169 g/mol. The molecule has 1 atom stereocenters. The summed E-state index contributed by atoms with van der Waals surface area (Å²) < 4.78 is 1.99. The van der Waals surface area contributed by atoms with Gasteiger partial charge in [-0.1, -0.05) is 0 Å². The van der Waals surface area contributed by atoms with E-state index in [1.54, 1.807) is 6.33 Å². The van der Waals surface area contributed by atoms with Crippen LogP contribution in [0.25, 0.3) is 0 Å². The zero-order valence-corrected chi connectivity index (χ0v) is 7.27. The Labute approximate surface area is 72.0 Å². The lowest BCUT2D eigenvalue weighted by atomic mass is 10.2. The van der Waals surface area contributed by atoms with Gasteiger partial charge in [-0.3, -0.25) is 0 Å². The highest BCUT2D eigenvalue weighted by Gasteiger charge is 2.04. The van der Waals surface area contributed by atoms with Crippen LogP contribution in [0, 0.1) is 0 Å². The predicted molar refractivity (Wildman–Crippen MR) is 46.7 cm³/mol. The number of imidazole rings is 1. The van der Waals surface area contributed by atoms with Crippen LogP contribution in [0.5, 0.6) is 0 Å². The minimum Gasteiger partial charge on any atom is -0.395 e. The van der Waals surface area contributed by atoms with Gasteiger partial charge in [-0.2, -0.15) is 0 Å². The van der Waals surface area contributed by atoms with E-state index in [0.29, 0.717) is 6.42 Å². The molecule has 1 rings (SSSR count). The number of hydrogen-bond donors (Lipinski definition) is 2. The third-order valence-corrected chi connectivity index (χ3v) is 1.76. The molecule has 0 amide bonds. The zero-order valence-electron chi connectivity index (χ0n) is 7.27. The Morgan fingerprint density at radius 3 is 3.00 bits per heavy atom. The fourth-order valence-electron chi connectivity index (χ4n) is 1.02. The normalized spacial score (nSPS) is 13.2. The molecule has 0 aliphatic carbocycles. The van der Waals surface area contributed by atoms with Gasteiger partial charge >= 0.3 is 0 Å². The lowest BCUT2D eigenvalue weighted by Crippen LogP contribution is -2.26. The molecule has 1 aromatic heterocycles. The van der Waals surface area contributed by atoms with Crippen LogP contribution in [0.15, 0.2) is 12.5 Å². The molecule has 3 N–H and O–H groups in total. The van der Waals surface area contributed by atoms with Gasteiger partial charge in [-0.25, -0.2) is 4.98 Å². The second-order valence-corrected chi connectivity index (χ2v) is 2.84. The molecule has 0 aliphatic rings. The maximum atomic E-state index is 8.70. The summed E-state index contributed by atoms with van der Waals surface area (Å²) in [5.74, 6) is 0. The highest BCUT2D eigenvalue weighted by atomic mass is 16.3. The summed E-state index contributed by atoms with van der Waals surface area (Å²) in [6.07, 6.45) is 4.37. The summed E-state index contributed by atoms with van der Waals surface area (Å²) in [7, 11) is 0. The molecule has 1 heterocycles. The Balaban J connectivity index is 2.52. The molecule has 0 aliphatic heterocycles. The summed E-state index contributed by atoms with van der Waals surface area (Å²) in [6.45, 7) is 2.98. The average Bonchev–Trinajstić information content (AvgIpc) is 2.52. The number of aromatic nitrogens is 2. The fourth-order valence-corrected chi connectivity index (χ4v) is 1.02. The molecule has 0 unspecified atom stereocenters. The molecule has 0 fully saturated rings. The second kappa shape index (κ2) is 4.23. The number of aliphatic hydroxyl groups is 1. The Hall–Kier alpha value is -0.870. The molecular formula is C8H15N3O. The lowest BCUT2D eigenvalue weighted by molar-refractivity contribution is 0.264. The number of aliphatic hydroxyl groups excluding tert-OH is 1. The average molecular weight is 169 g/mol. The molecule has 0 spiro atoms. The van der Waals surface area contributed by atoms with Crippen LogP contribution in [0.3, 0.4) is 0 Å². The molecule has 68 valence electrons. The third-order valence-electron chi connectivity index (χ3n) is 1.76. The molecule has 0 saturated carbocycles. The number of rotatable bonds is 4. The van der Waals surface area contributed by atoms with Crippen LogP contribution in [-0.2, 0) is 13.0 Å². The van der Waals surface area contributed by atoms with E-state index in [0.717, 1.165) is 12.2 Å². The van der Waals surface area contributed by atoms with Crippen molar-refractivity contribution < 1.29 is 5.11 Å². The van der Waals surface area contributed by atoms with Crippen molar-refractivity contribution in [1.82, 2.24) is 9.55 Å². The van der Waals surface area contributed by atoms with Crippen molar-refractivity contribution in [2.45, 2.75) is 25.9 Å². The third kappa shape index (κ3) is 2.32. The van der Waals surface area contributed by atoms with Crippen LogP contribution < -0.4 is 5.73 Å². The maximum Gasteiger partial charge on any atom is 0.0949 e. The Kier molecular flexibility index (Phi) is 3.25. The van der Waals surface area contributed by atoms with Crippen molar-refractivity contribution in [3.05, 3.63) is 18.2 Å². The first kappa shape index (κ1) is 9.22. The van der Waals surface area contributed by atoms with Crippen LogP contribution in [0.2, 0.25) is 0 Å². The molecule has 0 aromatic carbocycles. The Bertz CT molecular complexity index is 234. The van der Waals surface area contributed by atoms with Gasteiger partial charge in [0.25, 0.3) is 0 Å². The van der Waals surface area contributed by atoms with Gasteiger partial charge in [-0.15, -0.1) is 0 Å². The summed E-state index contributed by atoms with van der Waals surface area (Å²) in [5.41, 5.74) is 6.50. The maximum absolute atomic E-state index is 8.70. The van der Waals surface area contributed by atoms with Crippen molar-refractivity contribution in [2.24, 2.45) is 5.73 Å². The van der Waals surface area contributed by atoms with Crippen LogP contribution in [0.4, 0.5) is 0 Å². The smallest absolute Gasteiger partial charge is 0.0949 e. The van der Waals surface area contributed by atoms with Crippen LogP contribution >= 0.6 is 0 Å². The zero-order chi connectivity index (χ0) is 8.97. The molecule has 12 heavy (non-hydrogen) atoms. The standard InChI is InChI=1S/C8H15N3O/c1-2-11-4-8(10-6-11)3-7(9)5-12/h4,6-7,12H,2-3,5,9H2,1H3/t7-/m0/s1. The largest absolute Gasteiger partial charge is 0.395 e. The van der Waals surface area contributed by atoms with Gasteiger partial charge < -0.3 is 15.4 Å². The van der Waals surface area contributed by atoms with Gasteiger partial charge in [0.1, 0.15) is 0 Å². The van der Waals surface area contributed by atoms with E-state index >= 15 is 0 Å². The predicted octanol–water partition coefficient (Wildman–Crippen LogP) is -0.235. The van der Waals surface area contributed by atoms with Gasteiger partial charge in [0.2, 0.25) is 0 Å². The van der Waals surface area contributed by atoms with E-state index in [1.807, 2.05) is 10.8 Å². The van der Waals surface area contributed by atoms with E-state index < -0.39 is 0 Å². The lowest BCUT2D eigenvalue weighted by Gasteiger charge is -2.03. The highest BCUT2D eigenvalue weighted by Crippen LogP contribution is 1.98. The highest BCUT2D eigenvalue weighted by molar-refractivity contribution is 4.98. The minimum atomic E-state index is -0.190. The summed E-state index contributed by atoms with van der Waals surface area (Å²) in [6, 6.07) is -0.190. The van der Waals surface area contributed by atoms with Gasteiger partial charge in [0, 0.05) is 25.2 Å². The van der Waals surface area contributed by atoms with Gasteiger partial charge in [0.05, 0.1) is 18.6 Å². The summed E-state index contributed by atoms with van der Waals surface area (Å²) in [4.78, 5) is 4.15. The first-order valence-electron chi connectivity index (χ1n) is 4.13. The molecule has 0 radical (unpaired) electrons. The van der Waals surface area contributed by atoms with Crippen molar-refractivity contribution in [3.63, 3.8) is 0 Å². The van der Waals surface area contributed by atoms with Gasteiger partial charge in [0.15, 0.2) is 0 Å². The molecular weight excluding hydrogens is 154 g/mol. The number of aryl methyl sites for hydroxylation is 1. The number of nitrogens with two attached hydrogens (primary N) is 1. The number of hydrogen-bond acceptors (Lipinski definition) is 3. The second-order valence-electron chi connectivity index (χ2n) is 2.84. The van der Waals surface area contributed by atoms with Crippen LogP contribution in [0.1, 0.15) is 12.6 Å². The van der Waals surface area contributed by atoms with Crippen LogP contribution in [-0.4, -0.2) is 27.3 Å².